The number of amidine groups is 1. The number of nitrogens with zero attached hydrogens (tertiary/aromatic N) is 4. The number of carbonyl (C=O) groups is 2. The summed E-state index contributed by atoms with van der Waals surface area (Å²) in [5.41, 5.74) is 5.26. The topological polar surface area (TPSA) is 126 Å². The van der Waals surface area contributed by atoms with Gasteiger partial charge in [-0.2, -0.15) is 10.1 Å². The monoisotopic (exact) mass is 559 g/mol. The highest BCUT2D eigenvalue weighted by Crippen LogP contribution is 2.35. The Labute approximate surface area is 236 Å². The lowest BCUT2D eigenvalue weighted by Crippen LogP contribution is -2.30. The maximum absolute atomic E-state index is 13.6. The van der Waals surface area contributed by atoms with Gasteiger partial charge in [0.25, 0.3) is 11.6 Å². The first-order valence-corrected chi connectivity index (χ1v) is 13.4. The van der Waals surface area contributed by atoms with Crippen LogP contribution < -0.4 is 10.1 Å². The Balaban J connectivity index is 1.63. The molecular weight excluding hydrogens is 530 g/mol. The number of nitro benzene ring substituents is 1. The maximum Gasteiger partial charge on any atom is 0.271 e. The Morgan fingerprint density at radius 1 is 1.12 bits per heavy atom. The number of hydrogen-bond acceptors (Lipinski definition) is 8. The third-order valence-electron chi connectivity index (χ3n) is 6.46. The number of anilines is 1. The summed E-state index contributed by atoms with van der Waals surface area (Å²) in [6, 6.07) is 17.4. The van der Waals surface area contributed by atoms with Crippen molar-refractivity contribution in [2.45, 2.75) is 39.4 Å². The van der Waals surface area contributed by atoms with Gasteiger partial charge in [-0.25, -0.2) is 4.99 Å². The van der Waals surface area contributed by atoms with Crippen LogP contribution in [0.4, 0.5) is 17.1 Å². The van der Waals surface area contributed by atoms with Gasteiger partial charge in [0.05, 0.1) is 29.1 Å². The van der Waals surface area contributed by atoms with Crippen molar-refractivity contribution in [3.8, 4) is 5.75 Å². The summed E-state index contributed by atoms with van der Waals surface area (Å²) >= 11 is 1.15. The molecule has 11 heteroatoms. The van der Waals surface area contributed by atoms with Gasteiger partial charge in [0.1, 0.15) is 11.0 Å². The molecule has 1 atom stereocenters. The molecule has 0 aromatic heterocycles. The number of hydrogen-bond donors (Lipinski definition) is 1. The van der Waals surface area contributed by atoms with Crippen LogP contribution in [-0.4, -0.2) is 45.0 Å². The van der Waals surface area contributed by atoms with E-state index in [4.69, 9.17) is 9.73 Å². The van der Waals surface area contributed by atoms with Crippen LogP contribution in [0.1, 0.15) is 35.6 Å². The Kier molecular flexibility index (Phi) is 8.64. The fourth-order valence-electron chi connectivity index (χ4n) is 3.99. The van der Waals surface area contributed by atoms with Crippen molar-refractivity contribution in [3.05, 3.63) is 93.0 Å². The van der Waals surface area contributed by atoms with Crippen molar-refractivity contribution in [1.82, 2.24) is 5.01 Å². The zero-order chi connectivity index (χ0) is 29.0. The first-order valence-electron chi connectivity index (χ1n) is 12.5. The summed E-state index contributed by atoms with van der Waals surface area (Å²) in [5, 5.41) is 19.3. The zero-order valence-corrected chi connectivity index (χ0v) is 23.6. The molecule has 1 unspecified atom stereocenters. The minimum atomic E-state index is -0.803. The van der Waals surface area contributed by atoms with E-state index in [0.29, 0.717) is 16.6 Å². The summed E-state index contributed by atoms with van der Waals surface area (Å²) in [6.45, 7) is 7.74. The largest absolute Gasteiger partial charge is 0.495 e. The molecule has 0 aliphatic carbocycles. The molecule has 0 spiro atoms. The van der Waals surface area contributed by atoms with Gasteiger partial charge in [0, 0.05) is 18.6 Å². The molecule has 1 fully saturated rings. The maximum atomic E-state index is 13.6. The second-order valence-electron chi connectivity index (χ2n) is 9.32. The van der Waals surface area contributed by atoms with Gasteiger partial charge in [0.15, 0.2) is 5.17 Å². The van der Waals surface area contributed by atoms with Gasteiger partial charge in [-0.1, -0.05) is 53.7 Å². The van der Waals surface area contributed by atoms with Crippen LogP contribution in [-0.2, 0) is 9.59 Å². The van der Waals surface area contributed by atoms with Crippen molar-refractivity contribution in [2.75, 3.05) is 12.4 Å². The standard InChI is InChI=1S/C29H29N5O5S/c1-17-9-11-21(12-10-17)20(4)32-33-28(36)26(40-29(33)31-23-8-6-7-18(2)19(23)3)16-27(35)30-24-15-22(34(37)38)13-14-25(24)39-5/h6-15,26H,16H2,1-5H3,(H,30,35). The summed E-state index contributed by atoms with van der Waals surface area (Å²) in [6.07, 6.45) is -0.198. The Bertz CT molecular complexity index is 1530. The number of nitrogens with one attached hydrogen (secondary N) is 1. The molecule has 206 valence electrons. The number of amides is 2. The number of hydrazone groups is 1. The molecule has 3 aromatic carbocycles. The number of ether oxygens (including phenoxy) is 1. The van der Waals surface area contributed by atoms with Crippen molar-refractivity contribution in [3.63, 3.8) is 0 Å². The smallest absolute Gasteiger partial charge is 0.271 e. The fourth-order valence-corrected chi connectivity index (χ4v) is 5.06. The number of aryl methyl sites for hydroxylation is 2. The molecular formula is C29H29N5O5S. The molecule has 1 heterocycles. The third kappa shape index (κ3) is 6.37. The van der Waals surface area contributed by atoms with Gasteiger partial charge in [-0.15, -0.1) is 0 Å². The van der Waals surface area contributed by atoms with Crippen LogP contribution in [0.5, 0.6) is 5.75 Å². The zero-order valence-electron chi connectivity index (χ0n) is 22.8. The summed E-state index contributed by atoms with van der Waals surface area (Å²) in [7, 11) is 1.40. The quantitative estimate of drug-likeness (QED) is 0.208. The van der Waals surface area contributed by atoms with Crippen LogP contribution in [0.25, 0.3) is 0 Å². The molecule has 1 aliphatic heterocycles. The number of rotatable bonds is 8. The molecule has 3 aromatic rings. The van der Waals surface area contributed by atoms with Gasteiger partial charge >= 0.3 is 0 Å². The van der Waals surface area contributed by atoms with E-state index in [1.165, 1.54) is 30.3 Å². The Morgan fingerprint density at radius 3 is 2.52 bits per heavy atom. The van der Waals surface area contributed by atoms with Crippen LogP contribution in [0, 0.1) is 30.9 Å². The van der Waals surface area contributed by atoms with Crippen LogP contribution >= 0.6 is 11.8 Å². The number of methoxy groups -OCH3 is 1. The summed E-state index contributed by atoms with van der Waals surface area (Å²) in [4.78, 5) is 42.0. The first-order chi connectivity index (χ1) is 19.1. The SMILES string of the molecule is COc1ccc([N+](=O)[O-])cc1NC(=O)CC1SC(=Nc2cccc(C)c2C)N(N=C(C)c2ccc(C)cc2)C1=O. The highest BCUT2D eigenvalue weighted by atomic mass is 32.2. The molecule has 0 saturated carbocycles. The normalized spacial score (nSPS) is 16.4. The molecule has 4 rings (SSSR count). The van der Waals surface area contributed by atoms with Crippen LogP contribution in [0.3, 0.4) is 0 Å². The lowest BCUT2D eigenvalue weighted by Gasteiger charge is -2.13. The minimum Gasteiger partial charge on any atom is -0.495 e. The number of nitro groups is 1. The van der Waals surface area contributed by atoms with Gasteiger partial charge in [0.2, 0.25) is 5.91 Å². The highest BCUT2D eigenvalue weighted by molar-refractivity contribution is 8.15. The molecule has 0 radical (unpaired) electrons. The molecule has 10 nitrogen and oxygen atoms in total. The predicted molar refractivity (Wildman–Crippen MR) is 158 cm³/mol. The molecule has 2 amide bonds. The van der Waals surface area contributed by atoms with E-state index in [1.54, 1.807) is 0 Å². The van der Waals surface area contributed by atoms with Crippen molar-refractivity contribution < 1.29 is 19.2 Å². The van der Waals surface area contributed by atoms with Crippen molar-refractivity contribution >= 4 is 51.5 Å². The fraction of sp³-hybridized carbons (Fsp3) is 0.241. The predicted octanol–water partition coefficient (Wildman–Crippen LogP) is 5.91. The van der Waals surface area contributed by atoms with E-state index in [9.17, 15) is 19.7 Å². The molecule has 1 aliphatic rings. The van der Waals surface area contributed by atoms with E-state index < -0.39 is 16.1 Å². The van der Waals surface area contributed by atoms with Gasteiger partial charge in [-0.3, -0.25) is 19.7 Å². The average molecular weight is 560 g/mol. The van der Waals surface area contributed by atoms with Crippen LogP contribution in [0.15, 0.2) is 70.8 Å². The highest BCUT2D eigenvalue weighted by Gasteiger charge is 2.40. The lowest BCUT2D eigenvalue weighted by atomic mass is 10.1. The average Bonchev–Trinajstić information content (AvgIpc) is 3.20. The second kappa shape index (κ2) is 12.1. The van der Waals surface area contributed by atoms with Gasteiger partial charge in [-0.05, 0) is 56.5 Å². The third-order valence-corrected chi connectivity index (χ3v) is 7.59. The van der Waals surface area contributed by atoms with Crippen molar-refractivity contribution in [1.29, 1.82) is 0 Å². The summed E-state index contributed by atoms with van der Waals surface area (Å²) in [5.74, 6) is -0.625. The summed E-state index contributed by atoms with van der Waals surface area (Å²) < 4.78 is 5.23. The minimum absolute atomic E-state index is 0.145. The molecule has 0 bridgehead atoms. The molecule has 1 saturated heterocycles. The number of carbonyl (C=O) groups excluding carboxylic acids is 2. The lowest BCUT2D eigenvalue weighted by molar-refractivity contribution is -0.384. The van der Waals surface area contributed by atoms with Crippen LogP contribution in [0.2, 0.25) is 0 Å². The Hall–Kier alpha value is -4.51. The second-order valence-corrected chi connectivity index (χ2v) is 10.5. The molecule has 40 heavy (non-hydrogen) atoms. The van der Waals surface area contributed by atoms with Crippen molar-refractivity contribution in [2.24, 2.45) is 10.1 Å². The van der Waals surface area contributed by atoms with Gasteiger partial charge < -0.3 is 10.1 Å². The van der Waals surface area contributed by atoms with E-state index in [-0.39, 0.29) is 29.5 Å². The number of thioether (sulfide) groups is 1. The number of benzene rings is 3. The number of aliphatic imine (C=N–C) groups is 1. The van der Waals surface area contributed by atoms with E-state index in [2.05, 4.69) is 10.4 Å². The van der Waals surface area contributed by atoms with E-state index in [1.807, 2.05) is 70.2 Å². The molecule has 1 N–H and O–H groups in total. The number of non-ortho nitro benzene ring substituents is 1. The van der Waals surface area contributed by atoms with E-state index >= 15 is 0 Å². The Morgan fingerprint density at radius 2 is 1.85 bits per heavy atom. The first kappa shape index (κ1) is 28.5. The van der Waals surface area contributed by atoms with E-state index in [0.717, 1.165) is 34.0 Å².